The first-order valence-corrected chi connectivity index (χ1v) is 12.4. The first-order valence-electron chi connectivity index (χ1n) is 10.8. The van der Waals surface area contributed by atoms with Crippen molar-refractivity contribution in [3.05, 3.63) is 0 Å². The molecule has 0 aromatic heterocycles. The average molecular weight is 530 g/mol. The summed E-state index contributed by atoms with van der Waals surface area (Å²) in [5.41, 5.74) is 0. The molecular formula is C19H40IN5O2S. The molecule has 166 valence electrons. The van der Waals surface area contributed by atoms with Gasteiger partial charge in [-0.2, -0.15) is 0 Å². The van der Waals surface area contributed by atoms with Crippen LogP contribution in [0.2, 0.25) is 0 Å². The molecule has 0 spiro atoms. The van der Waals surface area contributed by atoms with Crippen LogP contribution in [0.15, 0.2) is 4.99 Å². The van der Waals surface area contributed by atoms with Gasteiger partial charge in [-0.05, 0) is 51.5 Å². The molecule has 0 radical (unpaired) electrons. The van der Waals surface area contributed by atoms with Gasteiger partial charge in [0.25, 0.3) is 0 Å². The molecule has 2 rings (SSSR count). The summed E-state index contributed by atoms with van der Waals surface area (Å²) in [6, 6.07) is 0.691. The molecule has 1 heterocycles. The topological polar surface area (TPSA) is 85.8 Å². The Labute approximate surface area is 189 Å². The molecule has 0 amide bonds. The highest BCUT2D eigenvalue weighted by Gasteiger charge is 2.21. The molecule has 2 fully saturated rings. The van der Waals surface area contributed by atoms with E-state index in [0.29, 0.717) is 31.0 Å². The molecule has 0 aromatic carbocycles. The molecule has 0 aromatic rings. The van der Waals surface area contributed by atoms with Crippen molar-refractivity contribution in [1.82, 2.24) is 20.3 Å². The van der Waals surface area contributed by atoms with Crippen LogP contribution in [0.4, 0.5) is 0 Å². The summed E-state index contributed by atoms with van der Waals surface area (Å²) in [6.45, 7) is 8.87. The largest absolute Gasteiger partial charge is 0.357 e. The zero-order chi connectivity index (χ0) is 19.5. The number of nitrogens with zero attached hydrogens (tertiary/aromatic N) is 2. The van der Waals surface area contributed by atoms with Crippen LogP contribution in [0, 0.1) is 5.92 Å². The molecule has 2 aliphatic rings. The van der Waals surface area contributed by atoms with E-state index >= 15 is 0 Å². The van der Waals surface area contributed by atoms with E-state index in [1.165, 1.54) is 38.6 Å². The molecule has 1 aliphatic carbocycles. The number of piperidine rings is 1. The van der Waals surface area contributed by atoms with E-state index in [4.69, 9.17) is 0 Å². The molecule has 9 heteroatoms. The van der Waals surface area contributed by atoms with Gasteiger partial charge in [-0.1, -0.05) is 19.8 Å². The summed E-state index contributed by atoms with van der Waals surface area (Å²) < 4.78 is 26.9. The lowest BCUT2D eigenvalue weighted by Gasteiger charge is -2.34. The Bertz CT molecular complexity index is 555. The second kappa shape index (κ2) is 14.0. The van der Waals surface area contributed by atoms with Crippen LogP contribution in [0.5, 0.6) is 0 Å². The molecule has 28 heavy (non-hydrogen) atoms. The number of rotatable bonds is 11. The van der Waals surface area contributed by atoms with Crippen molar-refractivity contribution in [2.75, 3.05) is 45.0 Å². The Morgan fingerprint density at radius 1 is 1.11 bits per heavy atom. The fourth-order valence-corrected chi connectivity index (χ4v) is 4.77. The van der Waals surface area contributed by atoms with Crippen molar-refractivity contribution in [3.8, 4) is 0 Å². The molecule has 1 saturated heterocycles. The minimum Gasteiger partial charge on any atom is -0.357 e. The average Bonchev–Trinajstić information content (AvgIpc) is 2.60. The third kappa shape index (κ3) is 9.58. The normalized spacial score (nSPS) is 21.6. The van der Waals surface area contributed by atoms with E-state index in [9.17, 15) is 8.42 Å². The molecular weight excluding hydrogens is 489 g/mol. The van der Waals surface area contributed by atoms with E-state index in [0.717, 1.165) is 32.5 Å². The lowest BCUT2D eigenvalue weighted by molar-refractivity contribution is 0.148. The van der Waals surface area contributed by atoms with E-state index < -0.39 is 10.0 Å². The van der Waals surface area contributed by atoms with Gasteiger partial charge in [-0.25, -0.2) is 13.1 Å². The van der Waals surface area contributed by atoms with E-state index in [1.807, 2.05) is 6.92 Å². The van der Waals surface area contributed by atoms with Crippen LogP contribution in [-0.2, 0) is 10.0 Å². The van der Waals surface area contributed by atoms with Crippen molar-refractivity contribution in [3.63, 3.8) is 0 Å². The monoisotopic (exact) mass is 529 g/mol. The van der Waals surface area contributed by atoms with Crippen molar-refractivity contribution < 1.29 is 8.42 Å². The molecule has 1 saturated carbocycles. The predicted molar refractivity (Wildman–Crippen MR) is 128 cm³/mol. The minimum absolute atomic E-state index is 0. The number of likely N-dealkylation sites (tertiary alicyclic amines) is 1. The van der Waals surface area contributed by atoms with Gasteiger partial charge >= 0.3 is 0 Å². The maximum atomic E-state index is 12.1. The number of hydrogen-bond donors (Lipinski definition) is 3. The number of aliphatic imine (C=N–C) groups is 1. The summed E-state index contributed by atoms with van der Waals surface area (Å²) >= 11 is 0. The van der Waals surface area contributed by atoms with Gasteiger partial charge in [0.05, 0.1) is 12.3 Å². The van der Waals surface area contributed by atoms with Gasteiger partial charge in [0, 0.05) is 32.2 Å². The van der Waals surface area contributed by atoms with Gasteiger partial charge in [-0.15, -0.1) is 24.0 Å². The predicted octanol–water partition coefficient (Wildman–Crippen LogP) is 2.14. The second-order valence-electron chi connectivity index (χ2n) is 7.75. The number of sulfonamides is 1. The summed E-state index contributed by atoms with van der Waals surface area (Å²) in [6.07, 6.45) is 8.64. The first kappa shape index (κ1) is 25.9. The van der Waals surface area contributed by atoms with Gasteiger partial charge in [-0.3, -0.25) is 9.89 Å². The maximum absolute atomic E-state index is 12.1. The highest BCUT2D eigenvalue weighted by atomic mass is 127. The van der Waals surface area contributed by atoms with Crippen molar-refractivity contribution >= 4 is 40.0 Å². The van der Waals surface area contributed by atoms with Crippen LogP contribution >= 0.6 is 24.0 Å². The van der Waals surface area contributed by atoms with Gasteiger partial charge in [0.1, 0.15) is 0 Å². The van der Waals surface area contributed by atoms with Crippen LogP contribution in [0.3, 0.4) is 0 Å². The van der Waals surface area contributed by atoms with Crippen molar-refractivity contribution in [2.24, 2.45) is 10.9 Å². The molecule has 3 N–H and O–H groups in total. The summed E-state index contributed by atoms with van der Waals surface area (Å²) in [5, 5.41) is 6.36. The van der Waals surface area contributed by atoms with E-state index in [2.05, 4.69) is 32.2 Å². The number of nitrogens with one attached hydrogen (secondary N) is 3. The zero-order valence-corrected chi connectivity index (χ0v) is 20.7. The van der Waals surface area contributed by atoms with E-state index in [-0.39, 0.29) is 29.7 Å². The summed E-state index contributed by atoms with van der Waals surface area (Å²) in [5.74, 6) is 1.32. The second-order valence-corrected chi connectivity index (χ2v) is 9.67. The highest BCUT2D eigenvalue weighted by Crippen LogP contribution is 2.25. The Kier molecular flexibility index (Phi) is 12.9. The number of halogens is 1. The SMILES string of the molecule is CCNC(=NCCN1CCCCC1CC)NCCS(=O)(=O)NCC1CCC1.I. The maximum Gasteiger partial charge on any atom is 0.213 e. The smallest absolute Gasteiger partial charge is 0.213 e. The third-order valence-corrected chi connectivity index (χ3v) is 7.05. The van der Waals surface area contributed by atoms with Crippen LogP contribution < -0.4 is 15.4 Å². The van der Waals surface area contributed by atoms with Crippen LogP contribution in [0.1, 0.15) is 58.8 Å². The lowest BCUT2D eigenvalue weighted by Crippen LogP contribution is -2.43. The first-order chi connectivity index (χ1) is 13.0. The molecule has 7 nitrogen and oxygen atoms in total. The Balaban J connectivity index is 0.00000392. The zero-order valence-electron chi connectivity index (χ0n) is 17.6. The molecule has 0 bridgehead atoms. The van der Waals surface area contributed by atoms with Gasteiger partial charge in [0.15, 0.2) is 5.96 Å². The molecule has 1 atom stereocenters. The lowest BCUT2D eigenvalue weighted by atomic mass is 9.86. The van der Waals surface area contributed by atoms with Crippen molar-refractivity contribution in [2.45, 2.75) is 64.8 Å². The van der Waals surface area contributed by atoms with Crippen LogP contribution in [0.25, 0.3) is 0 Å². The molecule has 1 aliphatic heterocycles. The van der Waals surface area contributed by atoms with E-state index in [1.54, 1.807) is 0 Å². The fourth-order valence-electron chi connectivity index (χ4n) is 3.77. The fraction of sp³-hybridized carbons (Fsp3) is 0.947. The van der Waals surface area contributed by atoms with Crippen LogP contribution in [-0.4, -0.2) is 70.3 Å². The summed E-state index contributed by atoms with van der Waals surface area (Å²) in [4.78, 5) is 7.18. The molecule has 1 unspecified atom stereocenters. The Morgan fingerprint density at radius 2 is 1.89 bits per heavy atom. The Morgan fingerprint density at radius 3 is 2.54 bits per heavy atom. The number of hydrogen-bond acceptors (Lipinski definition) is 4. The highest BCUT2D eigenvalue weighted by molar-refractivity contribution is 14.0. The quantitative estimate of drug-likeness (QED) is 0.217. The van der Waals surface area contributed by atoms with Gasteiger partial charge in [0.2, 0.25) is 10.0 Å². The third-order valence-electron chi connectivity index (χ3n) is 5.70. The van der Waals surface area contributed by atoms with Crippen molar-refractivity contribution in [1.29, 1.82) is 0 Å². The number of guanidine groups is 1. The summed E-state index contributed by atoms with van der Waals surface area (Å²) in [7, 11) is -3.22. The minimum atomic E-state index is -3.22. The van der Waals surface area contributed by atoms with Gasteiger partial charge < -0.3 is 10.6 Å². The Hall–Kier alpha value is -0.130. The standard InChI is InChI=1S/C19H39N5O2S.HI/c1-3-18-10-5-6-13-24(18)14-11-21-19(20-4-2)22-12-15-27(25,26)23-16-17-8-7-9-17;/h17-18,23H,3-16H2,1-2H3,(H2,20,21,22);1H.